The van der Waals surface area contributed by atoms with Gasteiger partial charge in [-0.1, -0.05) is 36.0 Å². The maximum absolute atomic E-state index is 11.1. The van der Waals surface area contributed by atoms with Crippen molar-refractivity contribution < 1.29 is 4.79 Å². The molecule has 1 aromatic carbocycles. The molecule has 2 aromatic rings. The van der Waals surface area contributed by atoms with E-state index in [4.69, 9.17) is 0 Å². The highest BCUT2D eigenvalue weighted by molar-refractivity contribution is 8.15. The molecule has 1 N–H and O–H groups in total. The van der Waals surface area contributed by atoms with E-state index in [0.717, 1.165) is 21.7 Å². The first-order valence-electron chi connectivity index (χ1n) is 6.29. The van der Waals surface area contributed by atoms with E-state index in [1.165, 1.54) is 23.3 Å². The molecular weight excluding hydrogens is 304 g/mol. The number of hydrogen-bond donors (Lipinski definition) is 1. The van der Waals surface area contributed by atoms with Gasteiger partial charge in [-0.2, -0.15) is 9.47 Å². The van der Waals surface area contributed by atoms with Crippen LogP contribution in [-0.4, -0.2) is 27.4 Å². The minimum absolute atomic E-state index is 0.0329. The second-order valence-corrected chi connectivity index (χ2v) is 6.18. The highest BCUT2D eigenvalue weighted by atomic mass is 32.2. The van der Waals surface area contributed by atoms with Gasteiger partial charge < -0.3 is 5.32 Å². The van der Waals surface area contributed by atoms with E-state index in [-0.39, 0.29) is 5.91 Å². The summed E-state index contributed by atoms with van der Waals surface area (Å²) in [5.74, 6) is 0.375. The van der Waals surface area contributed by atoms with Crippen molar-refractivity contribution in [3.05, 3.63) is 41.6 Å². The van der Waals surface area contributed by atoms with Crippen LogP contribution < -0.4 is 5.32 Å². The van der Waals surface area contributed by atoms with Gasteiger partial charge in [-0.15, -0.1) is 5.10 Å². The summed E-state index contributed by atoms with van der Waals surface area (Å²) in [6.45, 7) is 1.97. The summed E-state index contributed by atoms with van der Waals surface area (Å²) in [6, 6.07) is 10.0. The van der Waals surface area contributed by atoms with Crippen LogP contribution in [0.2, 0.25) is 0 Å². The molecule has 1 amide bonds. The Hall–Kier alpha value is -1.99. The predicted molar refractivity (Wildman–Crippen MR) is 87.9 cm³/mol. The molecule has 21 heavy (non-hydrogen) atoms. The average molecular weight is 316 g/mol. The van der Waals surface area contributed by atoms with Gasteiger partial charge in [0, 0.05) is 11.1 Å². The molecular formula is C14H12N4OS2. The van der Waals surface area contributed by atoms with Crippen molar-refractivity contribution in [3.8, 4) is 10.4 Å². The lowest BCUT2D eigenvalue weighted by Crippen LogP contribution is -2.19. The maximum Gasteiger partial charge on any atom is 0.236 e. The van der Waals surface area contributed by atoms with Gasteiger partial charge in [-0.05, 0) is 24.5 Å². The van der Waals surface area contributed by atoms with Crippen LogP contribution >= 0.6 is 23.3 Å². The van der Waals surface area contributed by atoms with Crippen molar-refractivity contribution in [2.75, 3.05) is 5.75 Å². The number of amides is 1. The van der Waals surface area contributed by atoms with E-state index in [1.54, 1.807) is 6.21 Å². The number of aryl methyl sites for hydroxylation is 1. The van der Waals surface area contributed by atoms with E-state index in [0.29, 0.717) is 10.9 Å². The van der Waals surface area contributed by atoms with Crippen LogP contribution in [0.1, 0.15) is 11.3 Å². The van der Waals surface area contributed by atoms with E-state index in [1.807, 2.05) is 31.2 Å². The zero-order chi connectivity index (χ0) is 14.7. The minimum Gasteiger partial charge on any atom is -0.303 e. The summed E-state index contributed by atoms with van der Waals surface area (Å²) in [5.41, 5.74) is 3.06. The summed E-state index contributed by atoms with van der Waals surface area (Å²) in [4.78, 5) is 12.2. The maximum atomic E-state index is 11.1. The minimum atomic E-state index is -0.0329. The molecule has 1 saturated heterocycles. The summed E-state index contributed by atoms with van der Waals surface area (Å²) in [6.07, 6.45) is 1.70. The Morgan fingerprint density at radius 2 is 2.24 bits per heavy atom. The number of amidine groups is 1. The first-order valence-corrected chi connectivity index (χ1v) is 8.04. The van der Waals surface area contributed by atoms with E-state index in [9.17, 15) is 4.79 Å². The molecule has 1 aliphatic rings. The zero-order valence-corrected chi connectivity index (χ0v) is 12.9. The average Bonchev–Trinajstić information content (AvgIpc) is 3.08. The van der Waals surface area contributed by atoms with Crippen molar-refractivity contribution in [1.82, 2.24) is 9.69 Å². The molecule has 0 atom stereocenters. The highest BCUT2D eigenvalue weighted by Crippen LogP contribution is 2.27. The summed E-state index contributed by atoms with van der Waals surface area (Å²) in [5, 5.41) is 11.3. The Kier molecular flexibility index (Phi) is 4.12. The van der Waals surface area contributed by atoms with Crippen molar-refractivity contribution in [2.45, 2.75) is 6.92 Å². The quantitative estimate of drug-likeness (QED) is 0.699. The summed E-state index contributed by atoms with van der Waals surface area (Å²) >= 11 is 2.82. The van der Waals surface area contributed by atoms with Gasteiger partial charge in [0.2, 0.25) is 5.91 Å². The Balaban J connectivity index is 1.84. The number of thioether (sulfide) groups is 1. The lowest BCUT2D eigenvalue weighted by atomic mass is 10.1. The van der Waals surface area contributed by atoms with E-state index >= 15 is 0 Å². The third-order valence-corrected chi connectivity index (χ3v) is 4.56. The number of carbonyl (C=O) groups excluding carboxylic acids is 1. The first-order chi connectivity index (χ1) is 10.2. The normalized spacial score (nSPS) is 16.8. The van der Waals surface area contributed by atoms with Crippen LogP contribution in [0.4, 0.5) is 0 Å². The third-order valence-electron chi connectivity index (χ3n) is 2.79. The number of nitrogens with zero attached hydrogens (tertiary/aromatic N) is 3. The SMILES string of the molecule is Cc1cc(-c2ccccc2C=NN=C2NC(=O)CS2)sn1. The molecule has 3 rings (SSSR count). The number of hydrogen-bond acceptors (Lipinski definition) is 6. The molecule has 0 bridgehead atoms. The molecule has 1 aromatic heterocycles. The van der Waals surface area contributed by atoms with Crippen LogP contribution in [0.15, 0.2) is 40.5 Å². The van der Waals surface area contributed by atoms with E-state index < -0.39 is 0 Å². The van der Waals surface area contributed by atoms with Crippen LogP contribution in [0, 0.1) is 6.92 Å². The second kappa shape index (κ2) is 6.19. The van der Waals surface area contributed by atoms with Crippen molar-refractivity contribution in [2.24, 2.45) is 10.2 Å². The molecule has 0 saturated carbocycles. The third kappa shape index (κ3) is 3.37. The van der Waals surface area contributed by atoms with Crippen molar-refractivity contribution in [1.29, 1.82) is 0 Å². The standard InChI is InChI=1S/C14H12N4OS2/c1-9-6-12(21-18-9)11-5-3-2-4-10(11)7-15-17-14-16-13(19)8-20-14/h2-7H,8H2,1H3,(H,16,17,19). The van der Waals surface area contributed by atoms with Gasteiger partial charge in [0.15, 0.2) is 5.17 Å². The molecule has 2 heterocycles. The molecule has 0 spiro atoms. The Labute approximate surface area is 130 Å². The fourth-order valence-electron chi connectivity index (χ4n) is 1.85. The first kappa shape index (κ1) is 14.0. The lowest BCUT2D eigenvalue weighted by molar-refractivity contribution is -0.116. The molecule has 0 unspecified atom stereocenters. The van der Waals surface area contributed by atoms with Crippen LogP contribution in [-0.2, 0) is 4.79 Å². The molecule has 7 heteroatoms. The highest BCUT2D eigenvalue weighted by Gasteiger charge is 2.16. The molecule has 0 aliphatic carbocycles. The Morgan fingerprint density at radius 3 is 2.95 bits per heavy atom. The van der Waals surface area contributed by atoms with Gasteiger partial charge >= 0.3 is 0 Å². The lowest BCUT2D eigenvalue weighted by Gasteiger charge is -2.01. The van der Waals surface area contributed by atoms with E-state index in [2.05, 4.69) is 26.0 Å². The van der Waals surface area contributed by atoms with Gasteiger partial charge in [0.05, 0.1) is 22.5 Å². The van der Waals surface area contributed by atoms with Crippen molar-refractivity contribution >= 4 is 40.6 Å². The van der Waals surface area contributed by atoms with Crippen molar-refractivity contribution in [3.63, 3.8) is 0 Å². The number of rotatable bonds is 3. The zero-order valence-electron chi connectivity index (χ0n) is 11.2. The summed E-state index contributed by atoms with van der Waals surface area (Å²) in [7, 11) is 0. The fourth-order valence-corrected chi connectivity index (χ4v) is 3.28. The second-order valence-electron chi connectivity index (χ2n) is 4.41. The van der Waals surface area contributed by atoms with Gasteiger partial charge in [0.25, 0.3) is 0 Å². The number of benzene rings is 1. The van der Waals surface area contributed by atoms with Crippen LogP contribution in [0.25, 0.3) is 10.4 Å². The number of nitrogens with one attached hydrogen (secondary N) is 1. The molecule has 106 valence electrons. The topological polar surface area (TPSA) is 66.7 Å². The van der Waals surface area contributed by atoms with Gasteiger partial charge in [-0.3, -0.25) is 4.79 Å². The molecule has 1 aliphatic heterocycles. The Bertz CT molecular complexity index is 736. The monoisotopic (exact) mass is 316 g/mol. The smallest absolute Gasteiger partial charge is 0.236 e. The largest absolute Gasteiger partial charge is 0.303 e. The Morgan fingerprint density at radius 1 is 1.38 bits per heavy atom. The molecule has 1 fully saturated rings. The predicted octanol–water partition coefficient (Wildman–Crippen LogP) is 2.67. The van der Waals surface area contributed by atoms with Gasteiger partial charge in [-0.25, -0.2) is 0 Å². The summed E-state index contributed by atoms with van der Waals surface area (Å²) < 4.78 is 4.30. The van der Waals surface area contributed by atoms with Crippen LogP contribution in [0.3, 0.4) is 0 Å². The molecule has 5 nitrogen and oxygen atoms in total. The van der Waals surface area contributed by atoms with Crippen LogP contribution in [0.5, 0.6) is 0 Å². The number of carbonyl (C=O) groups is 1. The molecule has 0 radical (unpaired) electrons. The number of aromatic nitrogens is 1. The fraction of sp³-hybridized carbons (Fsp3) is 0.143. The van der Waals surface area contributed by atoms with Gasteiger partial charge in [0.1, 0.15) is 0 Å².